The third-order valence-corrected chi connectivity index (χ3v) is 10.5. The first-order valence-corrected chi connectivity index (χ1v) is 11.3. The molecule has 0 amide bonds. The van der Waals surface area contributed by atoms with Crippen LogP contribution in [0.25, 0.3) is 0 Å². The zero-order valence-corrected chi connectivity index (χ0v) is 18.8. The van der Waals surface area contributed by atoms with E-state index in [0.29, 0.717) is 0 Å². The van der Waals surface area contributed by atoms with Crippen LogP contribution in [0.15, 0.2) is 0 Å². The highest BCUT2D eigenvalue weighted by molar-refractivity contribution is 7.59. The Morgan fingerprint density at radius 3 is 1.00 bits per heavy atom. The van der Waals surface area contributed by atoms with Crippen LogP contribution in [0.1, 0.15) is 55.4 Å². The Kier molecular flexibility index (Phi) is 19.4. The van der Waals surface area contributed by atoms with Crippen LogP contribution in [0.2, 0.25) is 0 Å². The second-order valence-corrected chi connectivity index (χ2v) is 13.7. The van der Waals surface area contributed by atoms with E-state index in [0.717, 1.165) is 22.6 Å². The summed E-state index contributed by atoms with van der Waals surface area (Å²) in [5.41, 5.74) is 3.50. The molecule has 0 radical (unpaired) electrons. The predicted octanol–water partition coefficient (Wildman–Crippen LogP) is 6.02. The monoisotopic (exact) mass is 377 g/mol. The molecule has 0 saturated heterocycles. The highest BCUT2D eigenvalue weighted by atomic mass is 35.5. The van der Waals surface area contributed by atoms with Crippen LogP contribution < -0.4 is 5.32 Å². The molecule has 0 aromatic heterocycles. The highest BCUT2D eigenvalue weighted by Crippen LogP contribution is 2.46. The molecule has 0 aromatic carbocycles. The van der Waals surface area contributed by atoms with Crippen molar-refractivity contribution in [3.8, 4) is 0 Å². The molecule has 0 unspecified atom stereocenters. The fourth-order valence-electron chi connectivity index (χ4n) is 2.77. The van der Waals surface area contributed by atoms with E-state index in [-0.39, 0.29) is 40.7 Å². The molecular formula is C16H39Cl2NP2. The van der Waals surface area contributed by atoms with E-state index in [1.54, 1.807) is 0 Å². The van der Waals surface area contributed by atoms with Gasteiger partial charge in [0.2, 0.25) is 0 Å². The Labute approximate surface area is 149 Å². The number of hydrogen-bond acceptors (Lipinski definition) is 1. The van der Waals surface area contributed by atoms with Gasteiger partial charge in [-0.05, 0) is 48.0 Å². The van der Waals surface area contributed by atoms with Crippen molar-refractivity contribution in [1.82, 2.24) is 5.32 Å². The summed E-state index contributed by atoms with van der Waals surface area (Å²) in [6.07, 6.45) is 2.79. The van der Waals surface area contributed by atoms with Crippen LogP contribution in [-0.4, -0.2) is 48.0 Å². The molecule has 0 aliphatic rings. The average molecular weight is 378 g/mol. The summed E-state index contributed by atoms with van der Waals surface area (Å²) in [6.45, 7) is 21.6. The Balaban J connectivity index is -0.00000162. The van der Waals surface area contributed by atoms with Gasteiger partial charge in [-0.15, -0.1) is 40.7 Å². The Bertz CT molecular complexity index is 186. The molecule has 0 saturated carbocycles. The fraction of sp³-hybridized carbons (Fsp3) is 1.00. The predicted molar refractivity (Wildman–Crippen MR) is 111 cm³/mol. The first-order chi connectivity index (χ1) is 8.77. The van der Waals surface area contributed by atoms with Gasteiger partial charge in [-0.3, -0.25) is 0 Å². The average Bonchev–Trinajstić information content (AvgIpc) is 2.25. The maximum Gasteiger partial charge on any atom is -0.000917 e. The molecule has 0 aliphatic heterocycles. The lowest BCUT2D eigenvalue weighted by molar-refractivity contribution is 0.760. The topological polar surface area (TPSA) is 12.0 Å². The number of nitrogens with one attached hydrogen (secondary N) is 1. The van der Waals surface area contributed by atoms with Crippen LogP contribution in [0.3, 0.4) is 0 Å². The van der Waals surface area contributed by atoms with Crippen molar-refractivity contribution in [2.45, 2.75) is 78.0 Å². The third kappa shape index (κ3) is 12.5. The van der Waals surface area contributed by atoms with Crippen molar-refractivity contribution >= 4 is 40.7 Å². The maximum absolute atomic E-state index is 3.70. The van der Waals surface area contributed by atoms with E-state index in [9.17, 15) is 0 Å². The van der Waals surface area contributed by atoms with Crippen LogP contribution in [-0.2, 0) is 0 Å². The van der Waals surface area contributed by atoms with Gasteiger partial charge in [0.05, 0.1) is 0 Å². The number of hydrogen-bond donors (Lipinski definition) is 1. The van der Waals surface area contributed by atoms with Gasteiger partial charge in [0.25, 0.3) is 0 Å². The SMILES string of the molecule is CC(C)P(CCNCCP(C(C)C)C(C)C)C(C)C.Cl.Cl. The standard InChI is InChI=1S/C16H37NP2.2ClH/c1-13(2)18(14(3)4)11-9-17-10-12-19(15(5)6)16(7)8;;/h13-17H,9-12H2,1-8H3;2*1H. The summed E-state index contributed by atoms with van der Waals surface area (Å²) in [5.74, 6) is 0. The molecule has 1 nitrogen and oxygen atoms in total. The lowest BCUT2D eigenvalue weighted by atomic mass is 10.5. The molecule has 21 heavy (non-hydrogen) atoms. The van der Waals surface area contributed by atoms with E-state index >= 15 is 0 Å². The van der Waals surface area contributed by atoms with E-state index in [2.05, 4.69) is 60.7 Å². The third-order valence-electron chi connectivity index (χ3n) is 3.75. The van der Waals surface area contributed by atoms with E-state index in [4.69, 9.17) is 0 Å². The van der Waals surface area contributed by atoms with Crippen molar-refractivity contribution < 1.29 is 0 Å². The van der Waals surface area contributed by atoms with Crippen molar-refractivity contribution in [3.05, 3.63) is 0 Å². The van der Waals surface area contributed by atoms with Crippen molar-refractivity contribution in [2.75, 3.05) is 25.4 Å². The van der Waals surface area contributed by atoms with Crippen molar-refractivity contribution in [3.63, 3.8) is 0 Å². The minimum absolute atomic E-state index is 0. The summed E-state index contributed by atoms with van der Waals surface area (Å²) in [5, 5.41) is 3.70. The summed E-state index contributed by atoms with van der Waals surface area (Å²) in [6, 6.07) is 0. The van der Waals surface area contributed by atoms with Crippen LogP contribution in [0.5, 0.6) is 0 Å². The second kappa shape index (κ2) is 15.0. The van der Waals surface area contributed by atoms with Gasteiger partial charge in [0.1, 0.15) is 0 Å². The first kappa shape index (κ1) is 27.3. The van der Waals surface area contributed by atoms with Crippen LogP contribution in [0, 0.1) is 0 Å². The normalized spacial score (nSPS) is 11.7. The highest BCUT2D eigenvalue weighted by Gasteiger charge is 2.17. The molecule has 0 rings (SSSR count). The molecule has 0 aliphatic carbocycles. The molecule has 132 valence electrons. The van der Waals surface area contributed by atoms with Crippen molar-refractivity contribution in [2.24, 2.45) is 0 Å². The Morgan fingerprint density at radius 2 is 0.810 bits per heavy atom. The van der Waals surface area contributed by atoms with E-state index in [1.807, 2.05) is 0 Å². The maximum atomic E-state index is 3.70. The van der Waals surface area contributed by atoms with Crippen LogP contribution in [0.4, 0.5) is 0 Å². The molecular weight excluding hydrogens is 339 g/mol. The Morgan fingerprint density at radius 1 is 0.571 bits per heavy atom. The quantitative estimate of drug-likeness (QED) is 0.362. The molecule has 1 N–H and O–H groups in total. The minimum Gasteiger partial charge on any atom is -0.316 e. The summed E-state index contributed by atoms with van der Waals surface area (Å²) in [4.78, 5) is 0. The molecule has 0 fully saturated rings. The molecule has 0 atom stereocenters. The lowest BCUT2D eigenvalue weighted by Gasteiger charge is -2.27. The van der Waals surface area contributed by atoms with Crippen LogP contribution >= 0.6 is 40.7 Å². The fourth-order valence-corrected chi connectivity index (χ4v) is 8.05. The van der Waals surface area contributed by atoms with Gasteiger partial charge in [-0.25, -0.2) is 0 Å². The van der Waals surface area contributed by atoms with E-state index < -0.39 is 0 Å². The zero-order chi connectivity index (χ0) is 15.0. The zero-order valence-electron chi connectivity index (χ0n) is 15.3. The number of halogens is 2. The largest absolute Gasteiger partial charge is 0.316 e. The van der Waals surface area contributed by atoms with Gasteiger partial charge >= 0.3 is 0 Å². The lowest BCUT2D eigenvalue weighted by Crippen LogP contribution is -2.24. The van der Waals surface area contributed by atoms with Gasteiger partial charge in [-0.1, -0.05) is 55.4 Å². The first-order valence-electron chi connectivity index (χ1n) is 7.99. The minimum atomic E-state index is 0. The molecule has 0 bridgehead atoms. The summed E-state index contributed by atoms with van der Waals surface area (Å²) in [7, 11) is 0.415. The second-order valence-electron chi connectivity index (χ2n) is 6.60. The van der Waals surface area contributed by atoms with Gasteiger partial charge in [-0.2, -0.15) is 0 Å². The van der Waals surface area contributed by atoms with Gasteiger partial charge in [0.15, 0.2) is 0 Å². The summed E-state index contributed by atoms with van der Waals surface area (Å²) < 4.78 is 0. The van der Waals surface area contributed by atoms with Gasteiger partial charge < -0.3 is 5.32 Å². The number of rotatable bonds is 10. The summed E-state index contributed by atoms with van der Waals surface area (Å²) >= 11 is 0. The molecule has 0 heterocycles. The Hall–Kier alpha value is 1.40. The molecule has 0 aromatic rings. The molecule has 5 heteroatoms. The van der Waals surface area contributed by atoms with Crippen molar-refractivity contribution in [1.29, 1.82) is 0 Å². The van der Waals surface area contributed by atoms with Gasteiger partial charge in [0, 0.05) is 0 Å². The smallest absolute Gasteiger partial charge is 0.000917 e. The van der Waals surface area contributed by atoms with E-state index in [1.165, 1.54) is 25.4 Å². The molecule has 0 spiro atoms.